The molecule has 32 heavy (non-hydrogen) atoms. The second-order valence-electron chi connectivity index (χ2n) is 7.66. The van der Waals surface area contributed by atoms with E-state index < -0.39 is 22.0 Å². The van der Waals surface area contributed by atoms with Crippen LogP contribution in [0.3, 0.4) is 0 Å². The Kier molecular flexibility index (Phi) is 7.66. The van der Waals surface area contributed by atoms with E-state index in [1.165, 1.54) is 13.2 Å². The first kappa shape index (κ1) is 23.5. The molecule has 0 saturated heterocycles. The maximum Gasteiger partial charge on any atom is 0.244 e. The molecule has 0 fully saturated rings. The summed E-state index contributed by atoms with van der Waals surface area (Å²) in [7, 11) is -2.61. The number of ether oxygens (including phenoxy) is 1. The molecule has 168 valence electrons. The molecule has 7 heteroatoms. The van der Waals surface area contributed by atoms with E-state index in [0.29, 0.717) is 0 Å². The van der Waals surface area contributed by atoms with E-state index in [4.69, 9.17) is 4.74 Å². The van der Waals surface area contributed by atoms with Crippen molar-refractivity contribution in [3.05, 3.63) is 95.6 Å². The summed E-state index contributed by atoms with van der Waals surface area (Å²) in [6.45, 7) is 3.67. The maximum atomic E-state index is 13.3. The highest BCUT2D eigenvalue weighted by Crippen LogP contribution is 2.25. The molecule has 0 saturated carbocycles. The van der Waals surface area contributed by atoms with Crippen LogP contribution < -0.4 is 14.8 Å². The third kappa shape index (κ3) is 5.96. The molecule has 3 rings (SSSR count). The van der Waals surface area contributed by atoms with Crippen LogP contribution in [0.1, 0.15) is 29.7 Å². The Balaban J connectivity index is 1.89. The normalized spacial score (nSPS) is 13.2. The largest absolute Gasteiger partial charge is 0.495 e. The van der Waals surface area contributed by atoms with Crippen LogP contribution in [0.15, 0.2) is 83.8 Å². The summed E-state index contributed by atoms with van der Waals surface area (Å²) >= 11 is 0. The number of amides is 1. The van der Waals surface area contributed by atoms with Gasteiger partial charge in [0, 0.05) is 0 Å². The van der Waals surface area contributed by atoms with Crippen LogP contribution in [0.2, 0.25) is 0 Å². The summed E-state index contributed by atoms with van der Waals surface area (Å²) < 4.78 is 34.4. The Morgan fingerprint density at radius 2 is 1.59 bits per heavy atom. The zero-order chi connectivity index (χ0) is 23.1. The van der Waals surface area contributed by atoms with Gasteiger partial charge in [0.25, 0.3) is 0 Å². The summed E-state index contributed by atoms with van der Waals surface area (Å²) in [6, 6.07) is 22.5. The molecule has 2 atom stereocenters. The van der Waals surface area contributed by atoms with Crippen molar-refractivity contribution in [2.24, 2.45) is 0 Å². The molecule has 0 bridgehead atoms. The van der Waals surface area contributed by atoms with Crippen LogP contribution in [0.25, 0.3) is 0 Å². The number of rotatable bonds is 9. The SMILES string of the molecule is COc1ccc(C)cc1S(=O)(=O)N[C@@H](Cc1ccccc1)C(=O)N[C@@H](C)c1ccccc1. The lowest BCUT2D eigenvalue weighted by Crippen LogP contribution is -2.48. The molecule has 0 aliphatic rings. The van der Waals surface area contributed by atoms with E-state index in [1.807, 2.05) is 67.6 Å². The number of hydrogen-bond acceptors (Lipinski definition) is 4. The number of benzene rings is 3. The number of sulfonamides is 1. The fourth-order valence-electron chi connectivity index (χ4n) is 3.42. The van der Waals surface area contributed by atoms with Crippen molar-refractivity contribution in [2.75, 3.05) is 7.11 Å². The van der Waals surface area contributed by atoms with E-state index in [9.17, 15) is 13.2 Å². The van der Waals surface area contributed by atoms with Gasteiger partial charge in [0.2, 0.25) is 15.9 Å². The standard InChI is InChI=1S/C25H28N2O4S/c1-18-14-15-23(31-3)24(16-18)32(29,30)27-22(17-20-10-6-4-7-11-20)25(28)26-19(2)21-12-8-5-9-13-21/h4-16,19,22,27H,17H2,1-3H3,(H,26,28)/t19-,22-/m0/s1. The molecule has 0 unspecified atom stereocenters. The number of aryl methyl sites for hydroxylation is 1. The van der Waals surface area contributed by atoms with E-state index in [2.05, 4.69) is 10.0 Å². The average Bonchev–Trinajstić information content (AvgIpc) is 2.79. The summed E-state index contributed by atoms with van der Waals surface area (Å²) in [6.07, 6.45) is 0.210. The van der Waals surface area contributed by atoms with E-state index in [1.54, 1.807) is 19.1 Å². The van der Waals surface area contributed by atoms with Crippen molar-refractivity contribution < 1.29 is 17.9 Å². The summed E-state index contributed by atoms with van der Waals surface area (Å²) in [5.41, 5.74) is 2.55. The summed E-state index contributed by atoms with van der Waals surface area (Å²) in [5.74, 6) is -0.181. The van der Waals surface area contributed by atoms with Crippen LogP contribution in [-0.4, -0.2) is 27.5 Å². The molecule has 3 aromatic rings. The number of nitrogens with one attached hydrogen (secondary N) is 2. The zero-order valence-corrected chi connectivity index (χ0v) is 19.2. The Morgan fingerprint density at radius 1 is 0.969 bits per heavy atom. The molecule has 2 N–H and O–H groups in total. The third-order valence-corrected chi connectivity index (χ3v) is 6.66. The lowest BCUT2D eigenvalue weighted by molar-refractivity contribution is -0.123. The average molecular weight is 453 g/mol. The van der Waals surface area contributed by atoms with E-state index >= 15 is 0 Å². The van der Waals surface area contributed by atoms with Gasteiger partial charge in [0.15, 0.2) is 0 Å². The fraction of sp³-hybridized carbons (Fsp3) is 0.240. The van der Waals surface area contributed by atoms with Crippen molar-refractivity contribution in [2.45, 2.75) is 37.2 Å². The molecule has 1 amide bonds. The topological polar surface area (TPSA) is 84.5 Å². The number of methoxy groups -OCH3 is 1. The summed E-state index contributed by atoms with van der Waals surface area (Å²) in [5, 5.41) is 2.93. The molecule has 0 heterocycles. The molecule has 0 spiro atoms. The third-order valence-electron chi connectivity index (χ3n) is 5.16. The van der Waals surface area contributed by atoms with Gasteiger partial charge in [0.1, 0.15) is 16.7 Å². The zero-order valence-electron chi connectivity index (χ0n) is 18.4. The summed E-state index contributed by atoms with van der Waals surface area (Å²) in [4.78, 5) is 13.2. The minimum atomic E-state index is -4.03. The van der Waals surface area contributed by atoms with E-state index in [0.717, 1.165) is 16.7 Å². The molecule has 6 nitrogen and oxygen atoms in total. The van der Waals surface area contributed by atoms with Gasteiger partial charge in [-0.3, -0.25) is 4.79 Å². The predicted molar refractivity (Wildman–Crippen MR) is 125 cm³/mol. The molecule has 0 radical (unpaired) electrons. The van der Waals surface area contributed by atoms with Crippen molar-refractivity contribution in [3.8, 4) is 5.75 Å². The van der Waals surface area contributed by atoms with Gasteiger partial charge in [0.05, 0.1) is 13.2 Å². The Hall–Kier alpha value is -3.16. The Bertz CT molecular complexity index is 1150. The second-order valence-corrected chi connectivity index (χ2v) is 9.34. The van der Waals surface area contributed by atoms with Crippen molar-refractivity contribution >= 4 is 15.9 Å². The lowest BCUT2D eigenvalue weighted by Gasteiger charge is -2.22. The van der Waals surface area contributed by atoms with Crippen LogP contribution >= 0.6 is 0 Å². The van der Waals surface area contributed by atoms with Crippen LogP contribution in [-0.2, 0) is 21.2 Å². The highest BCUT2D eigenvalue weighted by Gasteiger charge is 2.29. The molecular formula is C25H28N2O4S. The second kappa shape index (κ2) is 10.4. The lowest BCUT2D eigenvalue weighted by atomic mass is 10.0. The van der Waals surface area contributed by atoms with Crippen molar-refractivity contribution in [1.82, 2.24) is 10.0 Å². The first-order valence-electron chi connectivity index (χ1n) is 10.4. The smallest absolute Gasteiger partial charge is 0.244 e. The number of carbonyl (C=O) groups excluding carboxylic acids is 1. The minimum absolute atomic E-state index is 0.00182. The molecule has 0 aromatic heterocycles. The van der Waals surface area contributed by atoms with Gasteiger partial charge in [-0.25, -0.2) is 8.42 Å². The van der Waals surface area contributed by atoms with Crippen LogP contribution in [0.4, 0.5) is 0 Å². The first-order valence-corrected chi connectivity index (χ1v) is 11.8. The van der Waals surface area contributed by atoms with Gasteiger partial charge >= 0.3 is 0 Å². The fourth-order valence-corrected chi connectivity index (χ4v) is 4.87. The van der Waals surface area contributed by atoms with Crippen molar-refractivity contribution in [1.29, 1.82) is 0 Å². The van der Waals surface area contributed by atoms with Gasteiger partial charge in [-0.15, -0.1) is 0 Å². The quantitative estimate of drug-likeness (QED) is 0.518. The Morgan fingerprint density at radius 3 is 2.22 bits per heavy atom. The van der Waals surface area contributed by atoms with Crippen LogP contribution in [0, 0.1) is 6.92 Å². The first-order chi connectivity index (χ1) is 15.3. The van der Waals surface area contributed by atoms with Crippen molar-refractivity contribution in [3.63, 3.8) is 0 Å². The van der Waals surface area contributed by atoms with Gasteiger partial charge in [-0.05, 0) is 49.1 Å². The van der Waals surface area contributed by atoms with E-state index in [-0.39, 0.29) is 23.1 Å². The van der Waals surface area contributed by atoms with Gasteiger partial charge < -0.3 is 10.1 Å². The molecule has 3 aromatic carbocycles. The number of carbonyl (C=O) groups is 1. The molecule has 0 aliphatic heterocycles. The van der Waals surface area contributed by atoms with Gasteiger partial charge in [-0.1, -0.05) is 66.7 Å². The highest BCUT2D eigenvalue weighted by atomic mass is 32.2. The van der Waals surface area contributed by atoms with Crippen LogP contribution in [0.5, 0.6) is 5.75 Å². The van der Waals surface area contributed by atoms with Gasteiger partial charge in [-0.2, -0.15) is 4.72 Å². The monoisotopic (exact) mass is 452 g/mol. The molecule has 0 aliphatic carbocycles. The molecular weight excluding hydrogens is 424 g/mol. The maximum absolute atomic E-state index is 13.3. The minimum Gasteiger partial charge on any atom is -0.495 e. The number of hydrogen-bond donors (Lipinski definition) is 2. The highest BCUT2D eigenvalue weighted by molar-refractivity contribution is 7.89. The predicted octanol–water partition coefficient (Wildman–Crippen LogP) is 3.77. The Labute approximate surface area is 189 Å².